The van der Waals surface area contributed by atoms with Crippen molar-refractivity contribution < 1.29 is 23.1 Å². The lowest BCUT2D eigenvalue weighted by atomic mass is 10.1. The zero-order valence-electron chi connectivity index (χ0n) is 17.4. The van der Waals surface area contributed by atoms with Gasteiger partial charge < -0.3 is 18.8 Å². The van der Waals surface area contributed by atoms with Gasteiger partial charge in [0.15, 0.2) is 8.32 Å². The molecule has 28 heavy (non-hydrogen) atoms. The van der Waals surface area contributed by atoms with Gasteiger partial charge in [0.2, 0.25) is 0 Å². The van der Waals surface area contributed by atoms with E-state index in [1.807, 2.05) is 12.1 Å². The number of hydrogen-bond donors (Lipinski definition) is 0. The number of fused-ring (bicyclic) bond motifs is 1. The molecule has 1 aromatic rings. The van der Waals surface area contributed by atoms with Crippen molar-refractivity contribution in [2.45, 2.75) is 45.3 Å². The predicted octanol–water partition coefficient (Wildman–Crippen LogP) is 4.62. The minimum Gasteiger partial charge on any atom is -0.492 e. The number of amides is 1. The molecule has 2 aliphatic rings. The van der Waals surface area contributed by atoms with E-state index in [4.69, 9.17) is 13.9 Å². The van der Waals surface area contributed by atoms with E-state index < -0.39 is 8.32 Å². The van der Waals surface area contributed by atoms with Crippen molar-refractivity contribution >= 4 is 20.5 Å². The SMILES string of the molecule is CC(C)(C)[Si](C)(C)OCC1=Cc2cc(OCCN3CCOC3=O)cc(F)c2C1. The van der Waals surface area contributed by atoms with E-state index in [1.165, 1.54) is 6.07 Å². The highest BCUT2D eigenvalue weighted by Crippen LogP contribution is 2.38. The second kappa shape index (κ2) is 7.87. The molecule has 0 N–H and O–H groups in total. The molecule has 0 saturated carbocycles. The van der Waals surface area contributed by atoms with Crippen LogP contribution < -0.4 is 4.74 Å². The third kappa shape index (κ3) is 4.58. The average Bonchev–Trinajstić information content (AvgIpc) is 3.19. The van der Waals surface area contributed by atoms with Crippen LogP contribution in [0.15, 0.2) is 17.7 Å². The molecule has 1 aromatic carbocycles. The van der Waals surface area contributed by atoms with E-state index in [0.29, 0.717) is 50.6 Å². The van der Waals surface area contributed by atoms with Crippen LogP contribution in [0.4, 0.5) is 9.18 Å². The van der Waals surface area contributed by atoms with E-state index in [1.54, 1.807) is 4.90 Å². The second-order valence-electron chi connectivity index (χ2n) is 8.95. The number of hydrogen-bond acceptors (Lipinski definition) is 4. The van der Waals surface area contributed by atoms with E-state index in [2.05, 4.69) is 33.9 Å². The number of rotatable bonds is 7. The fraction of sp³-hybridized carbons (Fsp3) is 0.571. The van der Waals surface area contributed by atoms with Crippen LogP contribution in [0.25, 0.3) is 6.08 Å². The van der Waals surface area contributed by atoms with Gasteiger partial charge in [0.25, 0.3) is 0 Å². The molecule has 1 fully saturated rings. The molecule has 5 nitrogen and oxygen atoms in total. The summed E-state index contributed by atoms with van der Waals surface area (Å²) in [6, 6.07) is 3.28. The first-order valence-electron chi connectivity index (χ1n) is 9.77. The number of ether oxygens (including phenoxy) is 2. The van der Waals surface area contributed by atoms with E-state index in [-0.39, 0.29) is 16.9 Å². The molecule has 1 heterocycles. The summed E-state index contributed by atoms with van der Waals surface area (Å²) in [7, 11) is -1.84. The maximum Gasteiger partial charge on any atom is 0.410 e. The first-order valence-corrected chi connectivity index (χ1v) is 12.7. The quantitative estimate of drug-likeness (QED) is 0.619. The van der Waals surface area contributed by atoms with Crippen LogP contribution in [0.5, 0.6) is 5.75 Å². The Balaban J connectivity index is 1.60. The van der Waals surface area contributed by atoms with Crippen molar-refractivity contribution in [2.75, 3.05) is 32.9 Å². The number of carbonyl (C=O) groups is 1. The average molecular weight is 408 g/mol. The molecule has 0 aromatic heterocycles. The van der Waals surface area contributed by atoms with Crippen LogP contribution in [-0.4, -0.2) is 52.2 Å². The zero-order valence-corrected chi connectivity index (χ0v) is 18.4. The summed E-state index contributed by atoms with van der Waals surface area (Å²) >= 11 is 0. The van der Waals surface area contributed by atoms with E-state index >= 15 is 0 Å². The number of halogens is 1. The Morgan fingerprint density at radius 2 is 2.04 bits per heavy atom. The lowest BCUT2D eigenvalue weighted by molar-refractivity contribution is 0.153. The van der Waals surface area contributed by atoms with Gasteiger partial charge >= 0.3 is 6.09 Å². The lowest BCUT2D eigenvalue weighted by Gasteiger charge is -2.36. The molecule has 0 atom stereocenters. The van der Waals surface area contributed by atoms with Crippen LogP contribution in [-0.2, 0) is 15.6 Å². The van der Waals surface area contributed by atoms with Gasteiger partial charge in [0, 0.05) is 6.07 Å². The first-order chi connectivity index (χ1) is 13.1. The monoisotopic (exact) mass is 407 g/mol. The van der Waals surface area contributed by atoms with Crippen molar-refractivity contribution in [2.24, 2.45) is 0 Å². The summed E-state index contributed by atoms with van der Waals surface area (Å²) in [6.45, 7) is 13.3. The molecular formula is C21H30FNO4Si. The Labute approximate surface area is 167 Å². The van der Waals surface area contributed by atoms with E-state index in [9.17, 15) is 9.18 Å². The molecular weight excluding hydrogens is 377 g/mol. The van der Waals surface area contributed by atoms with Crippen LogP contribution in [0.3, 0.4) is 0 Å². The molecule has 1 amide bonds. The van der Waals surface area contributed by atoms with Crippen molar-refractivity contribution in [1.82, 2.24) is 4.90 Å². The topological polar surface area (TPSA) is 48.0 Å². The van der Waals surface area contributed by atoms with Crippen LogP contribution in [0.2, 0.25) is 18.1 Å². The van der Waals surface area contributed by atoms with Gasteiger partial charge in [-0.2, -0.15) is 0 Å². The maximum atomic E-state index is 14.5. The summed E-state index contributed by atoms with van der Waals surface area (Å²) in [5.41, 5.74) is 2.64. The Morgan fingerprint density at radius 1 is 1.29 bits per heavy atom. The number of carbonyl (C=O) groups excluding carboxylic acids is 1. The fourth-order valence-corrected chi connectivity index (χ4v) is 3.99. The van der Waals surface area contributed by atoms with Crippen molar-refractivity contribution in [3.8, 4) is 5.75 Å². The third-order valence-corrected chi connectivity index (χ3v) is 10.3. The number of cyclic esters (lactones) is 1. The van der Waals surface area contributed by atoms with Gasteiger partial charge in [-0.05, 0) is 47.3 Å². The molecule has 1 aliphatic carbocycles. The summed E-state index contributed by atoms with van der Waals surface area (Å²) in [5, 5.41) is 0.146. The standard InChI is InChI=1S/C21H30FNO4Si/c1-21(2,3)28(4,5)27-14-15-10-16-12-17(13-19(22)18(16)11-15)25-8-6-23-7-9-26-20(23)24/h10,12-13H,6-9,11,14H2,1-5H3. The molecule has 1 aliphatic heterocycles. The van der Waals surface area contributed by atoms with Gasteiger partial charge in [-0.25, -0.2) is 9.18 Å². The smallest absolute Gasteiger partial charge is 0.410 e. The second-order valence-corrected chi connectivity index (χ2v) is 13.8. The van der Waals surface area contributed by atoms with Crippen LogP contribution in [0, 0.1) is 5.82 Å². The minimum absolute atomic E-state index is 0.146. The molecule has 0 unspecified atom stereocenters. The fourth-order valence-electron chi connectivity index (χ4n) is 3.01. The highest BCUT2D eigenvalue weighted by Gasteiger charge is 2.37. The molecule has 154 valence electrons. The predicted molar refractivity (Wildman–Crippen MR) is 110 cm³/mol. The summed E-state index contributed by atoms with van der Waals surface area (Å²) in [5.74, 6) is 0.221. The van der Waals surface area contributed by atoms with Crippen molar-refractivity contribution in [3.63, 3.8) is 0 Å². The van der Waals surface area contributed by atoms with Crippen LogP contribution >= 0.6 is 0 Å². The zero-order chi connectivity index (χ0) is 20.5. The molecule has 0 bridgehead atoms. The molecule has 7 heteroatoms. The van der Waals surface area contributed by atoms with Gasteiger partial charge in [-0.1, -0.05) is 26.8 Å². The summed E-state index contributed by atoms with van der Waals surface area (Å²) < 4.78 is 31.4. The molecule has 0 spiro atoms. The van der Waals surface area contributed by atoms with Crippen molar-refractivity contribution in [3.05, 3.63) is 34.6 Å². The number of benzene rings is 1. The Bertz CT molecular complexity index is 785. The van der Waals surface area contributed by atoms with E-state index in [0.717, 1.165) is 11.1 Å². The Morgan fingerprint density at radius 3 is 2.68 bits per heavy atom. The highest BCUT2D eigenvalue weighted by molar-refractivity contribution is 6.74. The van der Waals surface area contributed by atoms with Gasteiger partial charge in [-0.3, -0.25) is 0 Å². The van der Waals surface area contributed by atoms with Gasteiger partial charge in [0.1, 0.15) is 24.8 Å². The van der Waals surface area contributed by atoms with Gasteiger partial charge in [0.05, 0.1) is 19.7 Å². The number of nitrogens with zero attached hydrogens (tertiary/aromatic N) is 1. The largest absolute Gasteiger partial charge is 0.492 e. The minimum atomic E-state index is -1.84. The lowest BCUT2D eigenvalue weighted by Crippen LogP contribution is -2.41. The first kappa shape index (κ1) is 20.9. The summed E-state index contributed by atoms with van der Waals surface area (Å²) in [4.78, 5) is 13.0. The van der Waals surface area contributed by atoms with Crippen molar-refractivity contribution in [1.29, 1.82) is 0 Å². The Kier molecular flexibility index (Phi) is 5.86. The molecule has 0 radical (unpaired) electrons. The van der Waals surface area contributed by atoms with Crippen LogP contribution in [0.1, 0.15) is 31.9 Å². The molecule has 1 saturated heterocycles. The van der Waals surface area contributed by atoms with Gasteiger partial charge in [-0.15, -0.1) is 0 Å². The molecule has 3 rings (SSSR count). The Hall–Kier alpha value is -1.86. The third-order valence-electron chi connectivity index (χ3n) is 5.87. The highest BCUT2D eigenvalue weighted by atomic mass is 28.4. The normalized spacial score (nSPS) is 16.9. The summed E-state index contributed by atoms with van der Waals surface area (Å²) in [6.07, 6.45) is 2.27. The maximum absolute atomic E-state index is 14.5.